The molecule has 3 rings (SSSR count). The predicted octanol–water partition coefficient (Wildman–Crippen LogP) is 3.01. The van der Waals surface area contributed by atoms with Crippen molar-refractivity contribution < 1.29 is 28.9 Å². The minimum absolute atomic E-state index is 0.0274. The number of carbonyl (C=O) groups excluding carboxylic acids is 2. The molecule has 32 heavy (non-hydrogen) atoms. The maximum absolute atomic E-state index is 12.9. The lowest BCUT2D eigenvalue weighted by Gasteiger charge is -2.39. The lowest BCUT2D eigenvalue weighted by Crippen LogP contribution is -2.42. The smallest absolute Gasteiger partial charge is 0.343 e. The molecule has 8 nitrogen and oxygen atoms in total. The minimum atomic E-state index is -0.846. The van der Waals surface area contributed by atoms with E-state index in [-0.39, 0.29) is 31.0 Å². The molecule has 2 aromatic rings. The second-order valence-corrected chi connectivity index (χ2v) is 6.81. The first-order valence-electron chi connectivity index (χ1n) is 10.3. The van der Waals surface area contributed by atoms with Gasteiger partial charge in [0.15, 0.2) is 5.84 Å². The van der Waals surface area contributed by atoms with Crippen LogP contribution in [-0.4, -0.2) is 38.1 Å². The van der Waals surface area contributed by atoms with Crippen LogP contribution in [-0.2, 0) is 23.8 Å². The van der Waals surface area contributed by atoms with Crippen LogP contribution >= 0.6 is 0 Å². The summed E-state index contributed by atoms with van der Waals surface area (Å²) in [6.07, 6.45) is -0.0274. The number of hydrogen-bond acceptors (Lipinski definition) is 8. The number of ether oxygens (including phenoxy) is 3. The second-order valence-electron chi connectivity index (χ2n) is 6.81. The van der Waals surface area contributed by atoms with E-state index >= 15 is 0 Å². The standard InChI is InChI=1S/C24H26N2O6/c1-4-31-23(28)21(24(29)32-5-2)22-25-18-14-10-9-13-17(18)19(15-20(27)30-3)26(22)16-11-7-6-8-12-16/h6-14,19,28H,4-5,15H2,1-3H3/p-1. The first-order chi connectivity index (χ1) is 15.5. The van der Waals surface area contributed by atoms with Crippen molar-refractivity contribution in [3.8, 4) is 0 Å². The molecule has 168 valence electrons. The van der Waals surface area contributed by atoms with Gasteiger partial charge in [0.2, 0.25) is 0 Å². The van der Waals surface area contributed by atoms with Crippen LogP contribution in [0.1, 0.15) is 31.9 Å². The summed E-state index contributed by atoms with van der Waals surface area (Å²) in [5.41, 5.74) is 1.61. The quantitative estimate of drug-likeness (QED) is 0.355. The molecule has 0 bridgehead atoms. The van der Waals surface area contributed by atoms with E-state index in [1.165, 1.54) is 7.11 Å². The maximum Gasteiger partial charge on any atom is 0.343 e. The van der Waals surface area contributed by atoms with E-state index < -0.39 is 23.9 Å². The van der Waals surface area contributed by atoms with E-state index in [2.05, 4.69) is 4.99 Å². The molecule has 1 unspecified atom stereocenters. The third kappa shape index (κ3) is 4.74. The van der Waals surface area contributed by atoms with Gasteiger partial charge in [0.25, 0.3) is 0 Å². The summed E-state index contributed by atoms with van der Waals surface area (Å²) in [5, 5.41) is 12.9. The van der Waals surface area contributed by atoms with Gasteiger partial charge in [0, 0.05) is 11.3 Å². The van der Waals surface area contributed by atoms with Gasteiger partial charge in [-0.05, 0) is 31.7 Å². The molecule has 0 fully saturated rings. The zero-order valence-corrected chi connectivity index (χ0v) is 18.2. The van der Waals surface area contributed by atoms with Crippen molar-refractivity contribution in [2.45, 2.75) is 26.3 Å². The summed E-state index contributed by atoms with van der Waals surface area (Å²) in [6, 6.07) is 15.8. The zero-order valence-electron chi connectivity index (χ0n) is 18.2. The van der Waals surface area contributed by atoms with Gasteiger partial charge in [0.05, 0.1) is 37.8 Å². The fourth-order valence-electron chi connectivity index (χ4n) is 3.51. The third-order valence-electron chi connectivity index (χ3n) is 4.87. The van der Waals surface area contributed by atoms with Crippen LogP contribution in [0.15, 0.2) is 71.1 Å². The molecule has 8 heteroatoms. The van der Waals surface area contributed by atoms with Crippen molar-refractivity contribution in [3.05, 3.63) is 71.7 Å². The van der Waals surface area contributed by atoms with Gasteiger partial charge in [-0.3, -0.25) is 4.79 Å². The zero-order chi connectivity index (χ0) is 23.1. The average Bonchev–Trinajstić information content (AvgIpc) is 2.80. The number of amidine groups is 1. The maximum atomic E-state index is 12.9. The Balaban J connectivity index is 2.29. The molecule has 0 saturated heterocycles. The first-order valence-corrected chi connectivity index (χ1v) is 10.3. The summed E-state index contributed by atoms with van der Waals surface area (Å²) in [6.45, 7) is 3.44. The van der Waals surface area contributed by atoms with Crippen LogP contribution in [0.4, 0.5) is 11.4 Å². The normalized spacial score (nSPS) is 15.8. The number of methoxy groups -OCH3 is 1. The van der Waals surface area contributed by atoms with Crippen molar-refractivity contribution in [2.24, 2.45) is 4.99 Å². The van der Waals surface area contributed by atoms with Crippen molar-refractivity contribution in [1.82, 2.24) is 0 Å². The number of hydrogen-bond donors (Lipinski definition) is 0. The molecule has 0 N–H and O–H groups in total. The Hall–Kier alpha value is -3.81. The van der Waals surface area contributed by atoms with Gasteiger partial charge < -0.3 is 24.2 Å². The van der Waals surface area contributed by atoms with Gasteiger partial charge in [-0.1, -0.05) is 43.3 Å². The molecule has 0 aromatic heterocycles. The lowest BCUT2D eigenvalue weighted by atomic mass is 9.95. The van der Waals surface area contributed by atoms with Gasteiger partial charge in [-0.15, -0.1) is 0 Å². The van der Waals surface area contributed by atoms with Crippen molar-refractivity contribution in [1.29, 1.82) is 0 Å². The topological polar surface area (TPSA) is 100 Å². The highest BCUT2D eigenvalue weighted by molar-refractivity contribution is 6.26. The van der Waals surface area contributed by atoms with Crippen LogP contribution in [0.5, 0.6) is 0 Å². The molecule has 0 spiro atoms. The predicted molar refractivity (Wildman–Crippen MR) is 117 cm³/mol. The molecule has 1 heterocycles. The third-order valence-corrected chi connectivity index (χ3v) is 4.87. The number of carbonyl (C=O) groups is 2. The van der Waals surface area contributed by atoms with Gasteiger partial charge in [-0.2, -0.15) is 0 Å². The number of esters is 2. The van der Waals surface area contributed by atoms with Crippen molar-refractivity contribution in [3.63, 3.8) is 0 Å². The average molecular weight is 437 g/mol. The van der Waals surface area contributed by atoms with Crippen LogP contribution < -0.4 is 10.0 Å². The fraction of sp³-hybridized carbons (Fsp3) is 0.292. The number of rotatable bonds is 8. The second kappa shape index (κ2) is 10.5. The van der Waals surface area contributed by atoms with Crippen molar-refractivity contribution in [2.75, 3.05) is 25.2 Å². The van der Waals surface area contributed by atoms with E-state index in [9.17, 15) is 14.7 Å². The minimum Gasteiger partial charge on any atom is -0.613 e. The molecule has 1 atom stereocenters. The highest BCUT2D eigenvalue weighted by atomic mass is 16.6. The molecule has 1 aliphatic rings. The van der Waals surface area contributed by atoms with E-state index in [0.717, 1.165) is 5.56 Å². The Bertz CT molecular complexity index is 1030. The first kappa shape index (κ1) is 22.9. The van der Waals surface area contributed by atoms with Crippen LogP contribution in [0.3, 0.4) is 0 Å². The Morgan fingerprint density at radius 2 is 1.66 bits per heavy atom. The fourth-order valence-corrected chi connectivity index (χ4v) is 3.51. The molecule has 2 aromatic carbocycles. The van der Waals surface area contributed by atoms with E-state index in [1.807, 2.05) is 42.5 Å². The Morgan fingerprint density at radius 3 is 2.31 bits per heavy atom. The summed E-state index contributed by atoms with van der Waals surface area (Å²) >= 11 is 0. The summed E-state index contributed by atoms with van der Waals surface area (Å²) in [4.78, 5) is 31.5. The van der Waals surface area contributed by atoms with E-state index in [0.29, 0.717) is 11.4 Å². The number of fused-ring (bicyclic) bond motifs is 1. The Kier molecular flexibility index (Phi) is 7.49. The number of para-hydroxylation sites is 2. The molecule has 0 aliphatic carbocycles. The highest BCUT2D eigenvalue weighted by Gasteiger charge is 2.37. The Labute approximate surface area is 186 Å². The van der Waals surface area contributed by atoms with Crippen LogP contribution in [0.25, 0.3) is 0 Å². The van der Waals surface area contributed by atoms with Crippen LogP contribution in [0.2, 0.25) is 0 Å². The summed E-state index contributed by atoms with van der Waals surface area (Å²) in [7, 11) is 1.31. The van der Waals surface area contributed by atoms with Gasteiger partial charge in [0.1, 0.15) is 5.57 Å². The van der Waals surface area contributed by atoms with Crippen molar-refractivity contribution >= 4 is 29.1 Å². The number of anilines is 1. The van der Waals surface area contributed by atoms with E-state index in [4.69, 9.17) is 14.2 Å². The van der Waals surface area contributed by atoms with E-state index in [1.54, 1.807) is 30.9 Å². The monoisotopic (exact) mass is 437 g/mol. The molecule has 0 saturated carbocycles. The number of benzene rings is 2. The highest BCUT2D eigenvalue weighted by Crippen LogP contribution is 2.41. The molecular formula is C24H25N2O6-. The molecule has 0 amide bonds. The molecule has 1 aliphatic heterocycles. The molecular weight excluding hydrogens is 412 g/mol. The lowest BCUT2D eigenvalue weighted by molar-refractivity contribution is -0.357. The number of aliphatic imine (C=N–C) groups is 1. The van der Waals surface area contributed by atoms with Crippen LogP contribution in [0, 0.1) is 0 Å². The summed E-state index contributed by atoms with van der Waals surface area (Å²) in [5.74, 6) is -2.08. The largest absolute Gasteiger partial charge is 0.613 e. The summed E-state index contributed by atoms with van der Waals surface area (Å²) < 4.78 is 15.2. The SMILES string of the molecule is CCOC(=O)C(C1=Nc2ccccc2C(CC(=O)OC)N1c1ccccc1)=C([O-])OCC. The van der Waals surface area contributed by atoms with Gasteiger partial charge in [-0.25, -0.2) is 9.79 Å². The molecule has 0 radical (unpaired) electrons. The Morgan fingerprint density at radius 1 is 1.00 bits per heavy atom. The number of nitrogens with zero attached hydrogens (tertiary/aromatic N) is 2. The van der Waals surface area contributed by atoms with Gasteiger partial charge >= 0.3 is 11.9 Å².